The summed E-state index contributed by atoms with van der Waals surface area (Å²) in [6.07, 6.45) is 4.20. The zero-order chi connectivity index (χ0) is 15.4. The monoisotopic (exact) mass is 395 g/mol. The average Bonchev–Trinajstić information content (AvgIpc) is 3.00. The number of aromatic nitrogens is 2. The molecular weight excluding hydrogens is 369 g/mol. The topological polar surface area (TPSA) is 61.4 Å². The molecule has 9 heteroatoms. The van der Waals surface area contributed by atoms with Gasteiger partial charge in [0.25, 0.3) is 0 Å². The Hall–Kier alpha value is -0.630. The number of piperazine rings is 1. The van der Waals surface area contributed by atoms with Gasteiger partial charge in [0, 0.05) is 44.1 Å². The fourth-order valence-corrected chi connectivity index (χ4v) is 3.94. The number of hydrogen-bond donors (Lipinski definition) is 1. The maximum atomic E-state index is 12.4. The van der Waals surface area contributed by atoms with Crippen LogP contribution in [0.15, 0.2) is 0 Å². The van der Waals surface area contributed by atoms with E-state index in [4.69, 9.17) is 0 Å². The minimum Gasteiger partial charge on any atom is -0.343 e. The summed E-state index contributed by atoms with van der Waals surface area (Å²) in [5, 5.41) is 4.36. The van der Waals surface area contributed by atoms with Gasteiger partial charge in [0.05, 0.1) is 0 Å². The largest absolute Gasteiger partial charge is 0.343 e. The summed E-state index contributed by atoms with van der Waals surface area (Å²) in [4.78, 5) is 21.0. The molecule has 24 heavy (non-hydrogen) atoms. The van der Waals surface area contributed by atoms with Crippen molar-refractivity contribution in [1.82, 2.24) is 19.6 Å². The van der Waals surface area contributed by atoms with Crippen molar-refractivity contribution in [3.63, 3.8) is 0 Å². The number of halogens is 2. The van der Waals surface area contributed by atoms with E-state index in [1.807, 2.05) is 11.8 Å². The first kappa shape index (κ1) is 21.4. The molecule has 0 atom stereocenters. The second-order valence-electron chi connectivity index (χ2n) is 6.22. The van der Waals surface area contributed by atoms with Gasteiger partial charge in [0.1, 0.15) is 5.82 Å². The lowest BCUT2D eigenvalue weighted by atomic mass is 9.93. The summed E-state index contributed by atoms with van der Waals surface area (Å²) in [6.45, 7) is 7.49. The van der Waals surface area contributed by atoms with Crippen LogP contribution in [0.5, 0.6) is 0 Å². The summed E-state index contributed by atoms with van der Waals surface area (Å²) in [5.74, 6) is 1.89. The number of nitrogens with zero attached hydrogens (tertiary/aromatic N) is 4. The number of aryl methyl sites for hydroxylation is 1. The van der Waals surface area contributed by atoms with Crippen LogP contribution in [0.1, 0.15) is 31.5 Å². The van der Waals surface area contributed by atoms with Crippen molar-refractivity contribution in [2.75, 3.05) is 44.2 Å². The van der Waals surface area contributed by atoms with Crippen molar-refractivity contribution < 1.29 is 4.79 Å². The number of rotatable bonds is 4. The third-order valence-electron chi connectivity index (χ3n) is 4.64. The highest BCUT2D eigenvalue weighted by Gasteiger charge is 2.23. The molecule has 138 valence electrons. The lowest BCUT2D eigenvalue weighted by Crippen LogP contribution is -2.48. The third-order valence-corrected chi connectivity index (χ3v) is 5.51. The normalized spacial score (nSPS) is 18.7. The van der Waals surface area contributed by atoms with E-state index in [9.17, 15) is 4.79 Å². The van der Waals surface area contributed by atoms with E-state index in [0.29, 0.717) is 12.3 Å². The number of carbonyl (C=O) groups excluding carboxylic acids is 1. The molecular formula is C15H27Cl2N5OS. The molecule has 0 bridgehead atoms. The van der Waals surface area contributed by atoms with Crippen LogP contribution in [-0.2, 0) is 4.79 Å². The molecule has 0 radical (unpaired) electrons. The Morgan fingerprint density at radius 1 is 1.21 bits per heavy atom. The van der Waals surface area contributed by atoms with Gasteiger partial charge in [0.15, 0.2) is 0 Å². The molecule has 2 aliphatic rings. The maximum Gasteiger partial charge on any atom is 0.222 e. The lowest BCUT2D eigenvalue weighted by Gasteiger charge is -2.34. The van der Waals surface area contributed by atoms with Crippen molar-refractivity contribution >= 4 is 47.4 Å². The van der Waals surface area contributed by atoms with Crippen LogP contribution >= 0.6 is 36.3 Å². The van der Waals surface area contributed by atoms with Crippen LogP contribution in [0, 0.1) is 12.8 Å². The molecule has 6 nitrogen and oxygen atoms in total. The maximum absolute atomic E-state index is 12.4. The van der Waals surface area contributed by atoms with Crippen LogP contribution in [0.3, 0.4) is 0 Å². The Labute approximate surface area is 160 Å². The molecule has 2 fully saturated rings. The van der Waals surface area contributed by atoms with Crippen molar-refractivity contribution in [3.05, 3.63) is 5.82 Å². The Kier molecular flexibility index (Phi) is 9.26. The van der Waals surface area contributed by atoms with Crippen molar-refractivity contribution in [1.29, 1.82) is 0 Å². The zero-order valence-electron chi connectivity index (χ0n) is 14.1. The zero-order valence-corrected chi connectivity index (χ0v) is 16.5. The summed E-state index contributed by atoms with van der Waals surface area (Å²) >= 11 is 1.45. The summed E-state index contributed by atoms with van der Waals surface area (Å²) in [7, 11) is 0. The molecule has 3 heterocycles. The van der Waals surface area contributed by atoms with Gasteiger partial charge in [-0.15, -0.1) is 24.8 Å². The predicted octanol–water partition coefficient (Wildman–Crippen LogP) is 2.12. The molecule has 0 spiro atoms. The van der Waals surface area contributed by atoms with Gasteiger partial charge >= 0.3 is 0 Å². The van der Waals surface area contributed by atoms with E-state index in [1.165, 1.54) is 24.4 Å². The van der Waals surface area contributed by atoms with Gasteiger partial charge in [-0.25, -0.2) is 4.98 Å². The average molecular weight is 396 g/mol. The van der Waals surface area contributed by atoms with E-state index >= 15 is 0 Å². The molecule has 0 saturated carbocycles. The number of hydrogen-bond acceptors (Lipinski definition) is 6. The van der Waals surface area contributed by atoms with E-state index in [1.54, 1.807) is 0 Å². The van der Waals surface area contributed by atoms with Gasteiger partial charge < -0.3 is 15.1 Å². The van der Waals surface area contributed by atoms with Gasteiger partial charge in [0.2, 0.25) is 11.0 Å². The fourth-order valence-electron chi connectivity index (χ4n) is 3.22. The van der Waals surface area contributed by atoms with Crippen LogP contribution in [0.25, 0.3) is 0 Å². The first-order valence-electron chi connectivity index (χ1n) is 8.26. The number of anilines is 1. The molecule has 0 aromatic carbocycles. The Morgan fingerprint density at radius 3 is 2.46 bits per heavy atom. The quantitative estimate of drug-likeness (QED) is 0.845. The standard InChI is InChI=1S/C15H25N5OS.2ClH/c1-12-17-15(22-18-12)20-10-8-19(9-11-20)14(21)3-2-13-4-6-16-7-5-13;;/h13,16H,2-11H2,1H3;2*1H. The second-order valence-corrected chi connectivity index (χ2v) is 6.95. The van der Waals surface area contributed by atoms with Crippen LogP contribution < -0.4 is 10.2 Å². The minimum absolute atomic E-state index is 0. The molecule has 2 saturated heterocycles. The lowest BCUT2D eigenvalue weighted by molar-refractivity contribution is -0.131. The van der Waals surface area contributed by atoms with E-state index in [-0.39, 0.29) is 24.8 Å². The molecule has 1 amide bonds. The second kappa shape index (κ2) is 10.4. The molecule has 1 N–H and O–H groups in total. The van der Waals surface area contributed by atoms with Crippen molar-refractivity contribution in [2.45, 2.75) is 32.6 Å². The van der Waals surface area contributed by atoms with Gasteiger partial charge in [-0.05, 0) is 45.2 Å². The number of carbonyl (C=O) groups is 1. The fraction of sp³-hybridized carbons (Fsp3) is 0.800. The minimum atomic E-state index is 0. The summed E-state index contributed by atoms with van der Waals surface area (Å²) in [5.41, 5.74) is 0. The Morgan fingerprint density at radius 2 is 1.88 bits per heavy atom. The first-order chi connectivity index (χ1) is 10.7. The van der Waals surface area contributed by atoms with E-state index < -0.39 is 0 Å². The Balaban J connectivity index is 0.00000144. The molecule has 0 aliphatic carbocycles. The Bertz CT molecular complexity index is 502. The van der Waals surface area contributed by atoms with Gasteiger partial charge in [-0.3, -0.25) is 4.79 Å². The number of nitrogens with one attached hydrogen (secondary N) is 1. The van der Waals surface area contributed by atoms with Crippen molar-refractivity contribution in [2.24, 2.45) is 5.92 Å². The van der Waals surface area contributed by atoms with E-state index in [0.717, 1.165) is 62.6 Å². The van der Waals surface area contributed by atoms with E-state index in [2.05, 4.69) is 19.6 Å². The highest BCUT2D eigenvalue weighted by atomic mass is 35.5. The van der Waals surface area contributed by atoms with Crippen molar-refractivity contribution in [3.8, 4) is 0 Å². The van der Waals surface area contributed by atoms with Crippen LogP contribution in [0.4, 0.5) is 5.13 Å². The van der Waals surface area contributed by atoms with Crippen LogP contribution in [0.2, 0.25) is 0 Å². The van der Waals surface area contributed by atoms with Crippen LogP contribution in [-0.4, -0.2) is 59.4 Å². The molecule has 1 aromatic heterocycles. The summed E-state index contributed by atoms with van der Waals surface area (Å²) in [6, 6.07) is 0. The highest BCUT2D eigenvalue weighted by molar-refractivity contribution is 7.09. The van der Waals surface area contributed by atoms with Gasteiger partial charge in [-0.1, -0.05) is 0 Å². The third kappa shape index (κ3) is 5.72. The molecule has 2 aliphatic heterocycles. The first-order valence-corrected chi connectivity index (χ1v) is 9.03. The SMILES string of the molecule is Cc1nsc(N2CCN(C(=O)CCC3CCNCC3)CC2)n1.Cl.Cl. The number of piperidine rings is 1. The number of amides is 1. The highest BCUT2D eigenvalue weighted by Crippen LogP contribution is 2.21. The molecule has 3 rings (SSSR count). The summed E-state index contributed by atoms with van der Waals surface area (Å²) < 4.78 is 4.23. The van der Waals surface area contributed by atoms with Gasteiger partial charge in [-0.2, -0.15) is 4.37 Å². The molecule has 0 unspecified atom stereocenters. The molecule has 1 aromatic rings. The smallest absolute Gasteiger partial charge is 0.222 e. The predicted molar refractivity (Wildman–Crippen MR) is 103 cm³/mol.